The number of carbonyl (C=O) groups is 1. The number of carbonyl (C=O) groups excluding carboxylic acids is 1. The van der Waals surface area contributed by atoms with Crippen molar-refractivity contribution < 1.29 is 14.6 Å². The summed E-state index contributed by atoms with van der Waals surface area (Å²) < 4.78 is 5.48. The smallest absolute Gasteiger partial charge is 0.258 e. The number of nitrogens with one attached hydrogen (secondary N) is 1. The minimum atomic E-state index is -0.477. The third kappa shape index (κ3) is 5.75. The maximum absolute atomic E-state index is 11.6. The zero-order valence-corrected chi connectivity index (χ0v) is 11.9. The average Bonchev–Trinajstić information content (AvgIpc) is 2.38. The fraction of sp³-hybridized carbons (Fsp3) is 0.533. The van der Waals surface area contributed by atoms with Gasteiger partial charge in [0.1, 0.15) is 5.75 Å². The zero-order valence-electron chi connectivity index (χ0n) is 11.9. The Morgan fingerprint density at radius 2 is 2.16 bits per heavy atom. The fourth-order valence-electron chi connectivity index (χ4n) is 1.72. The van der Waals surface area contributed by atoms with Crippen LogP contribution in [0.5, 0.6) is 5.75 Å². The van der Waals surface area contributed by atoms with Crippen molar-refractivity contribution in [2.75, 3.05) is 13.2 Å². The lowest BCUT2D eigenvalue weighted by molar-refractivity contribution is -0.123. The van der Waals surface area contributed by atoms with E-state index in [0.717, 1.165) is 23.3 Å². The van der Waals surface area contributed by atoms with Gasteiger partial charge in [0.15, 0.2) is 6.61 Å². The molecule has 0 saturated carbocycles. The Balaban J connectivity index is 2.35. The molecule has 1 aromatic rings. The molecular formula is C15H23NO3. The van der Waals surface area contributed by atoms with E-state index in [-0.39, 0.29) is 19.1 Å². The molecule has 0 aliphatic rings. The molecule has 1 amide bonds. The molecule has 1 aromatic carbocycles. The van der Waals surface area contributed by atoms with E-state index in [9.17, 15) is 9.90 Å². The fourth-order valence-corrected chi connectivity index (χ4v) is 1.72. The molecule has 0 aliphatic heterocycles. The summed E-state index contributed by atoms with van der Waals surface area (Å²) in [5.74, 6) is 0.514. The highest BCUT2D eigenvalue weighted by Crippen LogP contribution is 2.18. The third-order valence-electron chi connectivity index (χ3n) is 2.86. The van der Waals surface area contributed by atoms with Gasteiger partial charge in [-0.1, -0.05) is 25.5 Å². The normalized spacial score (nSPS) is 12.0. The molecule has 0 bridgehead atoms. The van der Waals surface area contributed by atoms with Crippen LogP contribution in [0.2, 0.25) is 0 Å². The molecule has 0 heterocycles. The van der Waals surface area contributed by atoms with Crippen LogP contribution in [0, 0.1) is 13.8 Å². The number of hydrogen-bond acceptors (Lipinski definition) is 3. The van der Waals surface area contributed by atoms with Crippen molar-refractivity contribution in [2.24, 2.45) is 0 Å². The number of ether oxygens (including phenoxy) is 1. The molecule has 4 nitrogen and oxygen atoms in total. The largest absolute Gasteiger partial charge is 0.483 e. The van der Waals surface area contributed by atoms with Crippen LogP contribution in [0.15, 0.2) is 18.2 Å². The Hall–Kier alpha value is -1.55. The minimum absolute atomic E-state index is 0.0247. The molecule has 4 heteroatoms. The van der Waals surface area contributed by atoms with Crippen molar-refractivity contribution >= 4 is 5.91 Å². The van der Waals surface area contributed by atoms with Gasteiger partial charge in [-0.25, -0.2) is 0 Å². The van der Waals surface area contributed by atoms with Gasteiger partial charge in [-0.3, -0.25) is 4.79 Å². The first-order valence-corrected chi connectivity index (χ1v) is 6.67. The lowest BCUT2D eigenvalue weighted by Crippen LogP contribution is -2.35. The Labute approximate surface area is 114 Å². The van der Waals surface area contributed by atoms with Gasteiger partial charge in [0, 0.05) is 6.54 Å². The van der Waals surface area contributed by atoms with E-state index >= 15 is 0 Å². The number of aryl methyl sites for hydroxylation is 2. The van der Waals surface area contributed by atoms with Crippen molar-refractivity contribution in [2.45, 2.75) is 39.7 Å². The number of amides is 1. The first-order valence-electron chi connectivity index (χ1n) is 6.67. The highest BCUT2D eigenvalue weighted by molar-refractivity contribution is 5.77. The third-order valence-corrected chi connectivity index (χ3v) is 2.86. The summed E-state index contributed by atoms with van der Waals surface area (Å²) in [6.07, 6.45) is 1.11. The number of aliphatic hydroxyl groups is 1. The highest BCUT2D eigenvalue weighted by atomic mass is 16.5. The van der Waals surface area contributed by atoms with E-state index in [2.05, 4.69) is 5.32 Å². The van der Waals surface area contributed by atoms with Crippen LogP contribution in [0.4, 0.5) is 0 Å². The standard InChI is InChI=1S/C15H23NO3/c1-4-5-13(17)9-16-15(18)10-19-14-8-11(2)6-7-12(14)3/h6-8,13,17H,4-5,9-10H2,1-3H3,(H,16,18). The van der Waals surface area contributed by atoms with Crippen molar-refractivity contribution in [3.05, 3.63) is 29.3 Å². The first-order chi connectivity index (χ1) is 9.02. The molecule has 0 spiro atoms. The molecule has 2 N–H and O–H groups in total. The van der Waals surface area contributed by atoms with Crippen molar-refractivity contribution in [1.29, 1.82) is 0 Å². The maximum Gasteiger partial charge on any atom is 0.258 e. The predicted molar refractivity (Wildman–Crippen MR) is 75.3 cm³/mol. The van der Waals surface area contributed by atoms with E-state index in [1.165, 1.54) is 0 Å². The minimum Gasteiger partial charge on any atom is -0.483 e. The molecule has 1 rings (SSSR count). The summed E-state index contributed by atoms with van der Waals surface area (Å²) in [7, 11) is 0. The van der Waals surface area contributed by atoms with Crippen molar-refractivity contribution in [3.63, 3.8) is 0 Å². The maximum atomic E-state index is 11.6. The Bertz CT molecular complexity index is 418. The van der Waals surface area contributed by atoms with E-state index in [1.807, 2.05) is 39.0 Å². The van der Waals surface area contributed by atoms with E-state index in [4.69, 9.17) is 4.74 Å². The van der Waals surface area contributed by atoms with Gasteiger partial charge in [0.05, 0.1) is 6.10 Å². The monoisotopic (exact) mass is 265 g/mol. The molecule has 1 unspecified atom stereocenters. The number of hydrogen-bond donors (Lipinski definition) is 2. The van der Waals surface area contributed by atoms with E-state index in [0.29, 0.717) is 6.42 Å². The average molecular weight is 265 g/mol. The first kappa shape index (κ1) is 15.5. The molecule has 1 atom stereocenters. The van der Waals surface area contributed by atoms with Gasteiger partial charge < -0.3 is 15.2 Å². The molecule has 0 fully saturated rings. The number of benzene rings is 1. The quantitative estimate of drug-likeness (QED) is 0.792. The van der Waals surface area contributed by atoms with Gasteiger partial charge in [-0.15, -0.1) is 0 Å². The van der Waals surface area contributed by atoms with Crippen LogP contribution >= 0.6 is 0 Å². The Morgan fingerprint density at radius 3 is 2.84 bits per heavy atom. The number of aliphatic hydroxyl groups excluding tert-OH is 1. The summed E-state index contributed by atoms with van der Waals surface area (Å²) >= 11 is 0. The SMILES string of the molecule is CCCC(O)CNC(=O)COc1cc(C)ccc1C. The van der Waals surface area contributed by atoms with Crippen LogP contribution in [0.1, 0.15) is 30.9 Å². The summed E-state index contributed by atoms with van der Waals surface area (Å²) in [5, 5.41) is 12.2. The number of rotatable bonds is 7. The molecular weight excluding hydrogens is 242 g/mol. The van der Waals surface area contributed by atoms with Gasteiger partial charge in [0.25, 0.3) is 5.91 Å². The predicted octanol–water partition coefficient (Wildman–Crippen LogP) is 1.96. The second kappa shape index (κ2) is 7.79. The van der Waals surface area contributed by atoms with Gasteiger partial charge >= 0.3 is 0 Å². The van der Waals surface area contributed by atoms with Gasteiger partial charge in [-0.05, 0) is 37.5 Å². The van der Waals surface area contributed by atoms with Crippen molar-refractivity contribution in [3.8, 4) is 5.75 Å². The molecule has 19 heavy (non-hydrogen) atoms. The summed E-state index contributed by atoms with van der Waals surface area (Å²) in [6.45, 7) is 6.17. The summed E-state index contributed by atoms with van der Waals surface area (Å²) in [5.41, 5.74) is 2.10. The van der Waals surface area contributed by atoms with Crippen LogP contribution in [0.25, 0.3) is 0 Å². The summed E-state index contributed by atoms with van der Waals surface area (Å²) in [6, 6.07) is 5.88. The van der Waals surface area contributed by atoms with Crippen LogP contribution in [-0.4, -0.2) is 30.3 Å². The van der Waals surface area contributed by atoms with E-state index in [1.54, 1.807) is 0 Å². The van der Waals surface area contributed by atoms with Crippen LogP contribution in [-0.2, 0) is 4.79 Å². The molecule has 0 radical (unpaired) electrons. The topological polar surface area (TPSA) is 58.6 Å². The Morgan fingerprint density at radius 1 is 1.42 bits per heavy atom. The molecule has 0 aliphatic carbocycles. The second-order valence-corrected chi connectivity index (χ2v) is 4.80. The van der Waals surface area contributed by atoms with Crippen molar-refractivity contribution in [1.82, 2.24) is 5.32 Å². The lowest BCUT2D eigenvalue weighted by Gasteiger charge is -2.12. The zero-order chi connectivity index (χ0) is 14.3. The van der Waals surface area contributed by atoms with E-state index < -0.39 is 6.10 Å². The summed E-state index contributed by atoms with van der Waals surface area (Å²) in [4.78, 5) is 11.6. The molecule has 106 valence electrons. The highest BCUT2D eigenvalue weighted by Gasteiger charge is 2.07. The van der Waals surface area contributed by atoms with Gasteiger partial charge in [-0.2, -0.15) is 0 Å². The lowest BCUT2D eigenvalue weighted by atomic mass is 10.1. The Kier molecular flexibility index (Phi) is 6.36. The second-order valence-electron chi connectivity index (χ2n) is 4.80. The molecule has 0 saturated heterocycles. The van der Waals surface area contributed by atoms with Gasteiger partial charge in [0.2, 0.25) is 0 Å². The van der Waals surface area contributed by atoms with Crippen LogP contribution in [0.3, 0.4) is 0 Å². The van der Waals surface area contributed by atoms with Crippen LogP contribution < -0.4 is 10.1 Å². The molecule has 0 aromatic heterocycles.